The number of aromatic nitrogens is 3. The third kappa shape index (κ3) is 5.98. The van der Waals surface area contributed by atoms with Crippen molar-refractivity contribution < 1.29 is 9.59 Å². The summed E-state index contributed by atoms with van der Waals surface area (Å²) in [4.78, 5) is 24.9. The van der Waals surface area contributed by atoms with Crippen molar-refractivity contribution in [2.24, 2.45) is 0 Å². The smallest absolute Gasteiger partial charge is 0.251 e. The zero-order chi connectivity index (χ0) is 23.3. The van der Waals surface area contributed by atoms with Gasteiger partial charge in [-0.15, -0.1) is 10.2 Å². The van der Waals surface area contributed by atoms with Gasteiger partial charge < -0.3 is 15.2 Å². The van der Waals surface area contributed by atoms with Crippen LogP contribution in [0.2, 0.25) is 0 Å². The molecule has 9 heteroatoms. The lowest BCUT2D eigenvalue weighted by Crippen LogP contribution is -2.24. The highest BCUT2D eigenvalue weighted by molar-refractivity contribution is 9.10. The van der Waals surface area contributed by atoms with Crippen LogP contribution in [0.4, 0.5) is 5.69 Å². The van der Waals surface area contributed by atoms with E-state index >= 15 is 0 Å². The fourth-order valence-electron chi connectivity index (χ4n) is 3.25. The molecule has 2 amide bonds. The summed E-state index contributed by atoms with van der Waals surface area (Å²) in [6, 6.07) is 11.3. The summed E-state index contributed by atoms with van der Waals surface area (Å²) in [5.74, 6) is 0.589. The second kappa shape index (κ2) is 10.8. The second-order valence-electron chi connectivity index (χ2n) is 7.44. The van der Waals surface area contributed by atoms with Crippen LogP contribution < -0.4 is 10.6 Å². The van der Waals surface area contributed by atoms with Crippen LogP contribution in [0, 0.1) is 20.8 Å². The van der Waals surface area contributed by atoms with Gasteiger partial charge in [-0.25, -0.2) is 0 Å². The molecule has 0 atom stereocenters. The van der Waals surface area contributed by atoms with E-state index in [1.807, 2.05) is 56.5 Å². The Bertz CT molecular complexity index is 1100. The maximum atomic E-state index is 12.5. The highest BCUT2D eigenvalue weighted by atomic mass is 79.9. The number of aryl methyl sites for hydroxylation is 3. The highest BCUT2D eigenvalue weighted by Gasteiger charge is 2.15. The normalized spacial score (nSPS) is 10.8. The number of nitrogens with one attached hydrogen (secondary N) is 2. The Morgan fingerprint density at radius 1 is 1.06 bits per heavy atom. The van der Waals surface area contributed by atoms with Crippen molar-refractivity contribution in [1.29, 1.82) is 0 Å². The fraction of sp³-hybridized carbons (Fsp3) is 0.304. The molecule has 3 rings (SSSR count). The van der Waals surface area contributed by atoms with E-state index in [0.717, 1.165) is 26.9 Å². The minimum Gasteiger partial charge on any atom is -0.345 e. The molecule has 1 aromatic heterocycles. The summed E-state index contributed by atoms with van der Waals surface area (Å²) in [7, 11) is 0. The molecular formula is C23H26BrN5O2S. The number of carbonyl (C=O) groups excluding carboxylic acids is 2. The number of amides is 2. The molecule has 0 saturated carbocycles. The lowest BCUT2D eigenvalue weighted by atomic mass is 10.1. The molecule has 0 aliphatic carbocycles. The molecule has 32 heavy (non-hydrogen) atoms. The van der Waals surface area contributed by atoms with Crippen LogP contribution in [-0.4, -0.2) is 32.3 Å². The number of benzene rings is 2. The maximum Gasteiger partial charge on any atom is 0.251 e. The van der Waals surface area contributed by atoms with Crippen molar-refractivity contribution in [2.45, 2.75) is 45.9 Å². The summed E-state index contributed by atoms with van der Waals surface area (Å²) in [6.07, 6.45) is 0. The number of hydrogen-bond acceptors (Lipinski definition) is 5. The summed E-state index contributed by atoms with van der Waals surface area (Å²) < 4.78 is 2.89. The first-order chi connectivity index (χ1) is 15.3. The zero-order valence-electron chi connectivity index (χ0n) is 18.5. The van der Waals surface area contributed by atoms with Gasteiger partial charge in [0.15, 0.2) is 11.0 Å². The van der Waals surface area contributed by atoms with Gasteiger partial charge in [0, 0.05) is 22.3 Å². The summed E-state index contributed by atoms with van der Waals surface area (Å²) in [6.45, 7) is 8.78. The molecule has 168 valence electrons. The number of hydrogen-bond donors (Lipinski definition) is 2. The van der Waals surface area contributed by atoms with Gasteiger partial charge in [-0.05, 0) is 63.1 Å². The average Bonchev–Trinajstić information content (AvgIpc) is 3.15. The van der Waals surface area contributed by atoms with Gasteiger partial charge in [0.1, 0.15) is 0 Å². The minimum atomic E-state index is -0.163. The van der Waals surface area contributed by atoms with Crippen LogP contribution in [0.15, 0.2) is 46.0 Å². The number of thioether (sulfide) groups is 1. The molecule has 0 fully saturated rings. The van der Waals surface area contributed by atoms with E-state index in [1.54, 1.807) is 12.1 Å². The third-order valence-corrected chi connectivity index (χ3v) is 6.35. The van der Waals surface area contributed by atoms with Gasteiger partial charge >= 0.3 is 0 Å². The summed E-state index contributed by atoms with van der Waals surface area (Å²) in [5, 5.41) is 14.9. The number of rotatable bonds is 8. The molecule has 0 radical (unpaired) electrons. The van der Waals surface area contributed by atoms with Crippen molar-refractivity contribution in [3.63, 3.8) is 0 Å². The predicted molar refractivity (Wildman–Crippen MR) is 131 cm³/mol. The Morgan fingerprint density at radius 3 is 2.34 bits per heavy atom. The first-order valence-corrected chi connectivity index (χ1v) is 12.0. The Hall–Kier alpha value is -2.65. The Labute approximate surface area is 200 Å². The highest BCUT2D eigenvalue weighted by Crippen LogP contribution is 2.26. The fourth-order valence-corrected chi connectivity index (χ4v) is 4.76. The molecule has 0 bridgehead atoms. The molecule has 0 spiro atoms. The lowest BCUT2D eigenvalue weighted by Gasteiger charge is -2.12. The predicted octanol–water partition coefficient (Wildman–Crippen LogP) is 4.65. The first kappa shape index (κ1) is 24.0. The van der Waals surface area contributed by atoms with Gasteiger partial charge in [-0.2, -0.15) is 0 Å². The van der Waals surface area contributed by atoms with Crippen molar-refractivity contribution in [2.75, 3.05) is 11.1 Å². The minimum absolute atomic E-state index is 0.108. The quantitative estimate of drug-likeness (QED) is 0.426. The van der Waals surface area contributed by atoms with E-state index in [1.165, 1.54) is 11.8 Å². The molecule has 0 saturated heterocycles. The molecule has 0 unspecified atom stereocenters. The molecule has 2 aromatic carbocycles. The van der Waals surface area contributed by atoms with E-state index < -0.39 is 0 Å². The molecule has 1 heterocycles. The topological polar surface area (TPSA) is 88.9 Å². The van der Waals surface area contributed by atoms with Gasteiger partial charge in [0.25, 0.3) is 5.91 Å². The number of halogens is 1. The molecular weight excluding hydrogens is 490 g/mol. The monoisotopic (exact) mass is 515 g/mol. The van der Waals surface area contributed by atoms with Crippen LogP contribution in [0.25, 0.3) is 0 Å². The summed E-state index contributed by atoms with van der Waals surface area (Å²) >= 11 is 4.79. The lowest BCUT2D eigenvalue weighted by molar-refractivity contribution is -0.113. The molecule has 2 N–H and O–H groups in total. The number of carbonyl (C=O) groups is 2. The third-order valence-electron chi connectivity index (χ3n) is 4.92. The molecule has 0 aliphatic heterocycles. The second-order valence-corrected chi connectivity index (χ2v) is 9.30. The Kier molecular flexibility index (Phi) is 8.09. The standard InChI is InChI=1S/C23H26BrN5O2S/c1-5-29-19(12-25-22(31)17-8-6-14(2)7-9-17)27-28-23(29)32-13-20(30)26-21-15(3)10-18(24)11-16(21)4/h6-11H,5,12-13H2,1-4H3,(H,25,31)(H,26,30). The van der Waals surface area contributed by atoms with Crippen molar-refractivity contribution in [3.05, 3.63) is 68.9 Å². The number of anilines is 1. The maximum absolute atomic E-state index is 12.5. The average molecular weight is 516 g/mol. The Balaban J connectivity index is 1.59. The van der Waals surface area contributed by atoms with E-state index in [9.17, 15) is 9.59 Å². The summed E-state index contributed by atoms with van der Waals surface area (Å²) in [5.41, 5.74) is 4.53. The molecule has 7 nitrogen and oxygen atoms in total. The van der Waals surface area contributed by atoms with Gasteiger partial charge in [0.2, 0.25) is 5.91 Å². The largest absolute Gasteiger partial charge is 0.345 e. The van der Waals surface area contributed by atoms with Crippen molar-refractivity contribution in [1.82, 2.24) is 20.1 Å². The van der Waals surface area contributed by atoms with Gasteiger partial charge in [-0.3, -0.25) is 9.59 Å². The Morgan fingerprint density at radius 2 is 1.72 bits per heavy atom. The van der Waals surface area contributed by atoms with E-state index in [2.05, 4.69) is 36.8 Å². The van der Waals surface area contributed by atoms with E-state index in [4.69, 9.17) is 0 Å². The zero-order valence-corrected chi connectivity index (χ0v) is 20.9. The van der Waals surface area contributed by atoms with Crippen LogP contribution >= 0.6 is 27.7 Å². The molecule has 3 aromatic rings. The van der Waals surface area contributed by atoms with Crippen molar-refractivity contribution in [3.8, 4) is 0 Å². The first-order valence-electron chi connectivity index (χ1n) is 10.2. The SMILES string of the molecule is CCn1c(CNC(=O)c2ccc(C)cc2)nnc1SCC(=O)Nc1c(C)cc(Br)cc1C. The van der Waals surface area contributed by atoms with Crippen molar-refractivity contribution >= 4 is 45.2 Å². The van der Waals surface area contributed by atoms with E-state index in [-0.39, 0.29) is 24.1 Å². The van der Waals surface area contributed by atoms with Crippen LogP contribution in [0.3, 0.4) is 0 Å². The van der Waals surface area contributed by atoms with Crippen LogP contribution in [0.1, 0.15) is 39.8 Å². The van der Waals surface area contributed by atoms with E-state index in [0.29, 0.717) is 23.1 Å². The van der Waals surface area contributed by atoms with Crippen LogP contribution in [0.5, 0.6) is 0 Å². The van der Waals surface area contributed by atoms with Gasteiger partial charge in [-0.1, -0.05) is 45.4 Å². The molecule has 0 aliphatic rings. The van der Waals surface area contributed by atoms with Crippen LogP contribution in [-0.2, 0) is 17.9 Å². The number of nitrogens with zero attached hydrogens (tertiary/aromatic N) is 3. The van der Waals surface area contributed by atoms with Gasteiger partial charge in [0.05, 0.1) is 12.3 Å².